The van der Waals surface area contributed by atoms with Gasteiger partial charge in [-0.2, -0.15) is 0 Å². The molecular weight excluding hydrogens is 176 g/mol. The molecule has 2 rings (SSSR count). The van der Waals surface area contributed by atoms with Crippen molar-refractivity contribution in [3.05, 3.63) is 23.9 Å². The lowest BCUT2D eigenvalue weighted by Crippen LogP contribution is -2.11. The smallest absolute Gasteiger partial charge is 0.216 e. The van der Waals surface area contributed by atoms with Crippen LogP contribution in [0.4, 0.5) is 0 Å². The number of aromatic nitrogens is 1. The summed E-state index contributed by atoms with van der Waals surface area (Å²) in [6, 6.07) is 4.07. The fourth-order valence-corrected chi connectivity index (χ4v) is 1.96. The van der Waals surface area contributed by atoms with E-state index in [2.05, 4.69) is 16.4 Å². The van der Waals surface area contributed by atoms with Gasteiger partial charge in [0.25, 0.3) is 0 Å². The predicted molar refractivity (Wildman–Crippen MR) is 55.5 cm³/mol. The van der Waals surface area contributed by atoms with Crippen LogP contribution in [0.2, 0.25) is 0 Å². The minimum absolute atomic E-state index is 0.744. The molecule has 1 N–H and O–H groups in total. The average Bonchev–Trinajstić information content (AvgIpc) is 2.71. The second-order valence-corrected chi connectivity index (χ2v) is 3.73. The summed E-state index contributed by atoms with van der Waals surface area (Å²) >= 11 is 0. The number of rotatable bonds is 3. The van der Waals surface area contributed by atoms with E-state index < -0.39 is 0 Å². The predicted octanol–water partition coefficient (Wildman–Crippen LogP) is 1.24. The van der Waals surface area contributed by atoms with E-state index >= 15 is 0 Å². The van der Waals surface area contributed by atoms with Crippen molar-refractivity contribution in [1.29, 1.82) is 0 Å². The van der Waals surface area contributed by atoms with E-state index in [0.717, 1.165) is 31.3 Å². The molecule has 1 aromatic heterocycles. The summed E-state index contributed by atoms with van der Waals surface area (Å²) in [5.74, 6) is 1.52. The van der Waals surface area contributed by atoms with E-state index in [1.165, 1.54) is 12.0 Å². The highest BCUT2D eigenvalue weighted by Gasteiger charge is 2.16. The Morgan fingerprint density at radius 3 is 3.29 bits per heavy atom. The third-order valence-electron chi connectivity index (χ3n) is 2.71. The molecule has 1 unspecified atom stereocenters. The molecule has 1 atom stereocenters. The number of pyridine rings is 1. The SMILES string of the molecule is COc1ncccc1CC1CCNC1. The van der Waals surface area contributed by atoms with Gasteiger partial charge in [0, 0.05) is 11.8 Å². The Morgan fingerprint density at radius 1 is 1.64 bits per heavy atom. The van der Waals surface area contributed by atoms with E-state index in [1.807, 2.05) is 6.07 Å². The quantitative estimate of drug-likeness (QED) is 0.782. The first kappa shape index (κ1) is 9.46. The van der Waals surface area contributed by atoms with Crippen LogP contribution < -0.4 is 10.1 Å². The molecule has 0 aliphatic carbocycles. The third-order valence-corrected chi connectivity index (χ3v) is 2.71. The monoisotopic (exact) mass is 192 g/mol. The molecule has 0 saturated carbocycles. The molecule has 1 fully saturated rings. The first-order valence-electron chi connectivity index (χ1n) is 5.08. The number of hydrogen-bond donors (Lipinski definition) is 1. The first-order chi connectivity index (χ1) is 6.90. The van der Waals surface area contributed by atoms with Crippen LogP contribution >= 0.6 is 0 Å². The summed E-state index contributed by atoms with van der Waals surface area (Å²) in [4.78, 5) is 4.20. The van der Waals surface area contributed by atoms with Gasteiger partial charge in [-0.05, 0) is 37.9 Å². The maximum atomic E-state index is 5.22. The van der Waals surface area contributed by atoms with E-state index in [4.69, 9.17) is 4.74 Å². The molecule has 3 heteroatoms. The second-order valence-electron chi connectivity index (χ2n) is 3.73. The van der Waals surface area contributed by atoms with Crippen molar-refractivity contribution in [1.82, 2.24) is 10.3 Å². The van der Waals surface area contributed by atoms with Crippen molar-refractivity contribution in [2.75, 3.05) is 20.2 Å². The van der Waals surface area contributed by atoms with Gasteiger partial charge in [0.15, 0.2) is 0 Å². The van der Waals surface area contributed by atoms with Crippen molar-refractivity contribution in [2.45, 2.75) is 12.8 Å². The zero-order chi connectivity index (χ0) is 9.80. The van der Waals surface area contributed by atoms with Crippen molar-refractivity contribution in [3.8, 4) is 5.88 Å². The fraction of sp³-hybridized carbons (Fsp3) is 0.545. The molecule has 1 aromatic rings. The Morgan fingerprint density at radius 2 is 2.57 bits per heavy atom. The number of nitrogens with one attached hydrogen (secondary N) is 1. The van der Waals surface area contributed by atoms with Crippen LogP contribution in [0.25, 0.3) is 0 Å². The van der Waals surface area contributed by atoms with Crippen LogP contribution in [0.15, 0.2) is 18.3 Å². The zero-order valence-electron chi connectivity index (χ0n) is 8.49. The molecule has 0 bridgehead atoms. The Hall–Kier alpha value is -1.09. The second kappa shape index (κ2) is 4.42. The normalized spacial score (nSPS) is 21.1. The van der Waals surface area contributed by atoms with Gasteiger partial charge in [-0.15, -0.1) is 0 Å². The van der Waals surface area contributed by atoms with Gasteiger partial charge in [-0.1, -0.05) is 6.07 Å². The summed E-state index contributed by atoms with van der Waals surface area (Å²) in [5.41, 5.74) is 1.23. The maximum Gasteiger partial charge on any atom is 0.216 e. The highest BCUT2D eigenvalue weighted by atomic mass is 16.5. The highest BCUT2D eigenvalue weighted by Crippen LogP contribution is 2.21. The van der Waals surface area contributed by atoms with E-state index in [0.29, 0.717) is 0 Å². The molecule has 2 heterocycles. The summed E-state index contributed by atoms with van der Waals surface area (Å²) in [5, 5.41) is 3.37. The van der Waals surface area contributed by atoms with Crippen LogP contribution in [-0.2, 0) is 6.42 Å². The lowest BCUT2D eigenvalue weighted by atomic mass is 10.00. The van der Waals surface area contributed by atoms with Crippen LogP contribution in [0.5, 0.6) is 5.88 Å². The molecule has 3 nitrogen and oxygen atoms in total. The van der Waals surface area contributed by atoms with Crippen LogP contribution in [0.3, 0.4) is 0 Å². The van der Waals surface area contributed by atoms with Gasteiger partial charge in [-0.25, -0.2) is 4.98 Å². The molecule has 1 aliphatic heterocycles. The third kappa shape index (κ3) is 2.04. The van der Waals surface area contributed by atoms with Crippen molar-refractivity contribution < 1.29 is 4.74 Å². The number of nitrogens with zero attached hydrogens (tertiary/aromatic N) is 1. The van der Waals surface area contributed by atoms with Gasteiger partial charge in [0.05, 0.1) is 7.11 Å². The van der Waals surface area contributed by atoms with Crippen molar-refractivity contribution in [3.63, 3.8) is 0 Å². The Labute approximate surface area is 84.5 Å². The molecule has 1 aliphatic rings. The van der Waals surface area contributed by atoms with Crippen LogP contribution in [0, 0.1) is 5.92 Å². The molecule has 76 valence electrons. The first-order valence-corrected chi connectivity index (χ1v) is 5.08. The summed E-state index contributed by atoms with van der Waals surface area (Å²) in [6.45, 7) is 2.27. The lowest BCUT2D eigenvalue weighted by Gasteiger charge is -2.10. The summed E-state index contributed by atoms with van der Waals surface area (Å²) < 4.78 is 5.22. The minimum Gasteiger partial charge on any atom is -0.481 e. The zero-order valence-corrected chi connectivity index (χ0v) is 8.49. The van der Waals surface area contributed by atoms with Gasteiger partial charge >= 0.3 is 0 Å². The van der Waals surface area contributed by atoms with Crippen molar-refractivity contribution >= 4 is 0 Å². The minimum atomic E-state index is 0.744. The highest BCUT2D eigenvalue weighted by molar-refractivity contribution is 5.25. The molecule has 0 radical (unpaired) electrons. The molecule has 1 saturated heterocycles. The van der Waals surface area contributed by atoms with E-state index in [9.17, 15) is 0 Å². The van der Waals surface area contributed by atoms with Crippen LogP contribution in [-0.4, -0.2) is 25.2 Å². The van der Waals surface area contributed by atoms with Crippen molar-refractivity contribution in [2.24, 2.45) is 5.92 Å². The van der Waals surface area contributed by atoms with Gasteiger partial charge in [0.1, 0.15) is 0 Å². The number of hydrogen-bond acceptors (Lipinski definition) is 3. The standard InChI is InChI=1S/C11H16N2O/c1-14-11-10(3-2-5-13-11)7-9-4-6-12-8-9/h2-3,5,9,12H,4,6-8H2,1H3. The number of methoxy groups -OCH3 is 1. The molecule has 14 heavy (non-hydrogen) atoms. The number of ether oxygens (including phenoxy) is 1. The van der Waals surface area contributed by atoms with Gasteiger partial charge in [0.2, 0.25) is 5.88 Å². The maximum absolute atomic E-state index is 5.22. The van der Waals surface area contributed by atoms with Crippen LogP contribution in [0.1, 0.15) is 12.0 Å². The van der Waals surface area contributed by atoms with Gasteiger partial charge in [-0.3, -0.25) is 0 Å². The molecule has 0 aromatic carbocycles. The Kier molecular flexibility index (Phi) is 2.99. The Bertz CT molecular complexity index is 295. The van der Waals surface area contributed by atoms with E-state index in [1.54, 1.807) is 13.3 Å². The van der Waals surface area contributed by atoms with E-state index in [-0.39, 0.29) is 0 Å². The Balaban J connectivity index is 2.07. The van der Waals surface area contributed by atoms with Gasteiger partial charge < -0.3 is 10.1 Å². The lowest BCUT2D eigenvalue weighted by molar-refractivity contribution is 0.388. The molecule has 0 amide bonds. The summed E-state index contributed by atoms with van der Waals surface area (Å²) in [7, 11) is 1.68. The molecule has 0 spiro atoms. The molecular formula is C11H16N2O. The topological polar surface area (TPSA) is 34.1 Å². The fourth-order valence-electron chi connectivity index (χ4n) is 1.96. The largest absolute Gasteiger partial charge is 0.481 e. The summed E-state index contributed by atoms with van der Waals surface area (Å²) in [6.07, 6.45) is 4.11. The average molecular weight is 192 g/mol.